The van der Waals surface area contributed by atoms with Crippen molar-refractivity contribution < 1.29 is 4.79 Å². The SMILES string of the molecule is N#Cc1ccc(C(=O)Nc2nc(-c3ccc(I)cc3)cs2)cc1. The number of carbonyl (C=O) groups excluding carboxylic acids is 1. The lowest BCUT2D eigenvalue weighted by Gasteiger charge is -2.01. The van der Waals surface area contributed by atoms with Crippen LogP contribution in [-0.4, -0.2) is 10.9 Å². The number of rotatable bonds is 3. The van der Waals surface area contributed by atoms with Gasteiger partial charge in [0.25, 0.3) is 5.91 Å². The Balaban J connectivity index is 1.74. The smallest absolute Gasteiger partial charge is 0.257 e. The number of benzene rings is 2. The number of nitriles is 1. The van der Waals surface area contributed by atoms with Gasteiger partial charge in [-0.3, -0.25) is 10.1 Å². The molecule has 4 nitrogen and oxygen atoms in total. The van der Waals surface area contributed by atoms with Crippen LogP contribution < -0.4 is 5.32 Å². The summed E-state index contributed by atoms with van der Waals surface area (Å²) in [4.78, 5) is 16.6. The number of halogens is 1. The fourth-order valence-electron chi connectivity index (χ4n) is 1.95. The zero-order chi connectivity index (χ0) is 16.2. The molecule has 23 heavy (non-hydrogen) atoms. The normalized spacial score (nSPS) is 10.1. The summed E-state index contributed by atoms with van der Waals surface area (Å²) in [6, 6.07) is 16.6. The van der Waals surface area contributed by atoms with E-state index in [2.05, 4.69) is 32.9 Å². The molecule has 3 aromatic rings. The Hall–Kier alpha value is -2.24. The van der Waals surface area contributed by atoms with Crippen molar-refractivity contribution in [3.63, 3.8) is 0 Å². The molecule has 0 unspecified atom stereocenters. The van der Waals surface area contributed by atoms with Crippen molar-refractivity contribution in [2.45, 2.75) is 0 Å². The Morgan fingerprint density at radius 1 is 1.13 bits per heavy atom. The summed E-state index contributed by atoms with van der Waals surface area (Å²) in [5, 5.41) is 14.0. The van der Waals surface area contributed by atoms with Gasteiger partial charge in [0.05, 0.1) is 17.3 Å². The number of thiazole rings is 1. The molecule has 0 aliphatic carbocycles. The summed E-state index contributed by atoms with van der Waals surface area (Å²) >= 11 is 3.64. The molecule has 6 heteroatoms. The highest BCUT2D eigenvalue weighted by molar-refractivity contribution is 14.1. The van der Waals surface area contributed by atoms with Gasteiger partial charge in [-0.25, -0.2) is 4.98 Å². The van der Waals surface area contributed by atoms with E-state index in [1.54, 1.807) is 24.3 Å². The fourth-order valence-corrected chi connectivity index (χ4v) is 3.02. The average molecular weight is 431 g/mol. The largest absolute Gasteiger partial charge is 0.298 e. The molecule has 0 saturated heterocycles. The van der Waals surface area contributed by atoms with Crippen LogP contribution in [-0.2, 0) is 0 Å². The molecule has 1 aromatic heterocycles. The zero-order valence-electron chi connectivity index (χ0n) is 11.8. The van der Waals surface area contributed by atoms with E-state index < -0.39 is 0 Å². The standard InChI is InChI=1S/C17H10IN3OS/c18-14-7-5-12(6-8-14)15-10-23-17(20-15)21-16(22)13-3-1-11(9-19)2-4-13/h1-8,10H,(H,20,21,22). The lowest BCUT2D eigenvalue weighted by molar-refractivity contribution is 0.102. The van der Waals surface area contributed by atoms with E-state index in [4.69, 9.17) is 5.26 Å². The molecule has 0 spiro atoms. The maximum Gasteiger partial charge on any atom is 0.257 e. The third-order valence-electron chi connectivity index (χ3n) is 3.14. The van der Waals surface area contributed by atoms with Gasteiger partial charge in [0.15, 0.2) is 5.13 Å². The molecule has 3 rings (SSSR count). The van der Waals surface area contributed by atoms with Gasteiger partial charge in [-0.2, -0.15) is 5.26 Å². The molecule has 1 heterocycles. The van der Waals surface area contributed by atoms with Crippen LogP contribution >= 0.6 is 33.9 Å². The van der Waals surface area contributed by atoms with Gasteiger partial charge in [-0.05, 0) is 59.0 Å². The van der Waals surface area contributed by atoms with Crippen molar-refractivity contribution in [2.75, 3.05) is 5.32 Å². The Bertz CT molecular complexity index is 879. The molecule has 1 amide bonds. The number of nitrogens with one attached hydrogen (secondary N) is 1. The van der Waals surface area contributed by atoms with Gasteiger partial charge >= 0.3 is 0 Å². The lowest BCUT2D eigenvalue weighted by atomic mass is 10.1. The summed E-state index contributed by atoms with van der Waals surface area (Å²) in [5.41, 5.74) is 2.87. The van der Waals surface area contributed by atoms with E-state index in [0.29, 0.717) is 16.3 Å². The molecule has 0 aliphatic rings. The third-order valence-corrected chi connectivity index (χ3v) is 4.62. The van der Waals surface area contributed by atoms with Gasteiger partial charge in [-0.15, -0.1) is 11.3 Å². The van der Waals surface area contributed by atoms with Gasteiger partial charge in [-0.1, -0.05) is 12.1 Å². The van der Waals surface area contributed by atoms with E-state index in [9.17, 15) is 4.79 Å². The number of amides is 1. The number of hydrogen-bond donors (Lipinski definition) is 1. The molecule has 1 N–H and O–H groups in total. The van der Waals surface area contributed by atoms with E-state index in [0.717, 1.165) is 14.8 Å². The molecule has 2 aromatic carbocycles. The van der Waals surface area contributed by atoms with Gasteiger partial charge in [0, 0.05) is 20.1 Å². The summed E-state index contributed by atoms with van der Waals surface area (Å²) in [6.45, 7) is 0. The zero-order valence-corrected chi connectivity index (χ0v) is 14.8. The van der Waals surface area contributed by atoms with Crippen molar-refractivity contribution in [2.24, 2.45) is 0 Å². The highest BCUT2D eigenvalue weighted by Gasteiger charge is 2.10. The minimum Gasteiger partial charge on any atom is -0.298 e. The lowest BCUT2D eigenvalue weighted by Crippen LogP contribution is -2.11. The first kappa shape index (κ1) is 15.6. The number of aromatic nitrogens is 1. The number of nitrogens with zero attached hydrogens (tertiary/aromatic N) is 2. The van der Waals surface area contributed by atoms with Crippen LogP contribution in [0.25, 0.3) is 11.3 Å². The van der Waals surface area contributed by atoms with Crippen molar-refractivity contribution >= 4 is 45.0 Å². The predicted octanol–water partition coefficient (Wildman–Crippen LogP) is 4.54. The Kier molecular flexibility index (Phi) is 4.69. The van der Waals surface area contributed by atoms with Gasteiger partial charge in [0.1, 0.15) is 0 Å². The first-order valence-corrected chi connectivity index (χ1v) is 8.64. The van der Waals surface area contributed by atoms with Crippen LogP contribution in [0.4, 0.5) is 5.13 Å². The molecule has 0 atom stereocenters. The topological polar surface area (TPSA) is 65.8 Å². The first-order valence-electron chi connectivity index (χ1n) is 6.69. The van der Waals surface area contributed by atoms with Crippen LogP contribution in [0.3, 0.4) is 0 Å². The second kappa shape index (κ2) is 6.89. The van der Waals surface area contributed by atoms with E-state index in [-0.39, 0.29) is 5.91 Å². The average Bonchev–Trinajstić information content (AvgIpc) is 3.04. The van der Waals surface area contributed by atoms with Crippen molar-refractivity contribution in [3.05, 3.63) is 68.6 Å². The molecule has 0 aliphatic heterocycles. The van der Waals surface area contributed by atoms with Crippen LogP contribution in [0.2, 0.25) is 0 Å². The highest BCUT2D eigenvalue weighted by atomic mass is 127. The Labute approximate surface area is 151 Å². The highest BCUT2D eigenvalue weighted by Crippen LogP contribution is 2.25. The van der Waals surface area contributed by atoms with E-state index in [1.165, 1.54) is 11.3 Å². The Morgan fingerprint density at radius 2 is 1.83 bits per heavy atom. The van der Waals surface area contributed by atoms with Crippen molar-refractivity contribution in [1.82, 2.24) is 4.98 Å². The molecule has 0 fully saturated rings. The fraction of sp³-hybridized carbons (Fsp3) is 0. The number of anilines is 1. The van der Waals surface area contributed by atoms with Crippen LogP contribution in [0.15, 0.2) is 53.9 Å². The Morgan fingerprint density at radius 3 is 2.48 bits per heavy atom. The molecule has 112 valence electrons. The monoisotopic (exact) mass is 431 g/mol. The summed E-state index contributed by atoms with van der Waals surface area (Å²) < 4.78 is 1.16. The summed E-state index contributed by atoms with van der Waals surface area (Å²) in [5.74, 6) is -0.238. The van der Waals surface area contributed by atoms with Crippen molar-refractivity contribution in [1.29, 1.82) is 5.26 Å². The summed E-state index contributed by atoms with van der Waals surface area (Å²) in [7, 11) is 0. The second-order valence-corrected chi connectivity index (χ2v) is 6.79. The molecular weight excluding hydrogens is 421 g/mol. The summed E-state index contributed by atoms with van der Waals surface area (Å²) in [6.07, 6.45) is 0. The molecule has 0 saturated carbocycles. The van der Waals surface area contributed by atoms with E-state index >= 15 is 0 Å². The second-order valence-electron chi connectivity index (χ2n) is 4.69. The molecule has 0 bridgehead atoms. The predicted molar refractivity (Wildman–Crippen MR) is 99.4 cm³/mol. The van der Waals surface area contributed by atoms with Crippen molar-refractivity contribution in [3.8, 4) is 17.3 Å². The minimum absolute atomic E-state index is 0.238. The van der Waals surface area contributed by atoms with Crippen LogP contribution in [0, 0.1) is 14.9 Å². The third kappa shape index (κ3) is 3.75. The quantitative estimate of drug-likeness (QED) is 0.620. The first-order chi connectivity index (χ1) is 11.2. The molecule has 0 radical (unpaired) electrons. The maximum atomic E-state index is 12.2. The van der Waals surface area contributed by atoms with Crippen LogP contribution in [0.5, 0.6) is 0 Å². The molecular formula is C17H10IN3OS. The van der Waals surface area contributed by atoms with Gasteiger partial charge < -0.3 is 0 Å². The van der Waals surface area contributed by atoms with E-state index in [1.807, 2.05) is 35.7 Å². The minimum atomic E-state index is -0.238. The number of hydrogen-bond acceptors (Lipinski definition) is 4. The number of carbonyl (C=O) groups is 1. The van der Waals surface area contributed by atoms with Crippen LogP contribution in [0.1, 0.15) is 15.9 Å². The van der Waals surface area contributed by atoms with Gasteiger partial charge in [0.2, 0.25) is 0 Å². The maximum absolute atomic E-state index is 12.2.